The predicted molar refractivity (Wildman–Crippen MR) is 61.5 cm³/mol. The highest BCUT2D eigenvalue weighted by Crippen LogP contribution is 2.36. The number of thiophene rings is 1. The summed E-state index contributed by atoms with van der Waals surface area (Å²) in [6.07, 6.45) is 0. The SMILES string of the molecule is C=C(C)C(N)c1cc(Br)c(Br)s1. The van der Waals surface area contributed by atoms with Crippen molar-refractivity contribution in [2.75, 3.05) is 0 Å². The van der Waals surface area contributed by atoms with Crippen molar-refractivity contribution in [1.82, 2.24) is 0 Å². The second-order valence-corrected chi connectivity index (χ2v) is 5.85. The van der Waals surface area contributed by atoms with Crippen molar-refractivity contribution in [3.8, 4) is 0 Å². The van der Waals surface area contributed by atoms with Crippen molar-refractivity contribution in [1.29, 1.82) is 0 Å². The molecular formula is C8H9Br2NS. The fourth-order valence-corrected chi connectivity index (χ4v) is 2.94. The zero-order valence-electron chi connectivity index (χ0n) is 6.60. The minimum absolute atomic E-state index is 0.0439. The zero-order valence-corrected chi connectivity index (χ0v) is 10.6. The van der Waals surface area contributed by atoms with Crippen molar-refractivity contribution in [3.05, 3.63) is 31.4 Å². The Morgan fingerprint density at radius 3 is 2.58 bits per heavy atom. The molecule has 0 aromatic carbocycles. The summed E-state index contributed by atoms with van der Waals surface area (Å²) in [6, 6.07) is 1.98. The topological polar surface area (TPSA) is 26.0 Å². The lowest BCUT2D eigenvalue weighted by molar-refractivity contribution is 0.871. The lowest BCUT2D eigenvalue weighted by Gasteiger charge is -2.07. The molecule has 0 saturated heterocycles. The Hall–Kier alpha value is 0.360. The van der Waals surface area contributed by atoms with E-state index in [0.717, 1.165) is 18.7 Å². The summed E-state index contributed by atoms with van der Waals surface area (Å²) < 4.78 is 2.13. The number of rotatable bonds is 2. The molecule has 0 spiro atoms. The van der Waals surface area contributed by atoms with E-state index in [1.807, 2.05) is 13.0 Å². The fourth-order valence-electron chi connectivity index (χ4n) is 0.759. The molecule has 0 bridgehead atoms. The number of hydrogen-bond acceptors (Lipinski definition) is 2. The monoisotopic (exact) mass is 309 g/mol. The summed E-state index contributed by atoms with van der Waals surface area (Å²) in [5, 5.41) is 0. The Bertz CT molecular complexity index is 287. The van der Waals surface area contributed by atoms with Gasteiger partial charge in [0, 0.05) is 9.35 Å². The van der Waals surface area contributed by atoms with Crippen molar-refractivity contribution in [2.24, 2.45) is 5.73 Å². The Morgan fingerprint density at radius 1 is 1.67 bits per heavy atom. The maximum Gasteiger partial charge on any atom is 0.0843 e. The predicted octanol–water partition coefficient (Wildman–Crippen LogP) is 3.85. The fraction of sp³-hybridized carbons (Fsp3) is 0.250. The summed E-state index contributed by atoms with van der Waals surface area (Å²) in [6.45, 7) is 5.76. The molecule has 0 aliphatic rings. The van der Waals surface area contributed by atoms with E-state index in [1.54, 1.807) is 11.3 Å². The first-order chi connectivity index (χ1) is 5.52. The Labute approximate surface area is 92.9 Å². The normalized spacial score (nSPS) is 13.0. The minimum atomic E-state index is -0.0439. The van der Waals surface area contributed by atoms with Gasteiger partial charge in [-0.15, -0.1) is 11.3 Å². The Balaban J connectivity index is 2.96. The van der Waals surface area contributed by atoms with Gasteiger partial charge in [0.25, 0.3) is 0 Å². The average Bonchev–Trinajstić information content (AvgIpc) is 2.30. The summed E-state index contributed by atoms with van der Waals surface area (Å²) in [4.78, 5) is 1.13. The highest BCUT2D eigenvalue weighted by Gasteiger charge is 2.11. The summed E-state index contributed by atoms with van der Waals surface area (Å²) in [5.74, 6) is 0. The van der Waals surface area contributed by atoms with Gasteiger partial charge in [0.1, 0.15) is 0 Å². The molecule has 2 N–H and O–H groups in total. The molecule has 1 nitrogen and oxygen atoms in total. The quantitative estimate of drug-likeness (QED) is 0.825. The molecule has 0 saturated carbocycles. The lowest BCUT2D eigenvalue weighted by atomic mass is 10.1. The van der Waals surface area contributed by atoms with Gasteiger partial charge in [-0.05, 0) is 44.8 Å². The van der Waals surface area contributed by atoms with Gasteiger partial charge in [0.2, 0.25) is 0 Å². The summed E-state index contributed by atoms with van der Waals surface area (Å²) >= 11 is 8.47. The molecule has 1 rings (SSSR count). The first kappa shape index (κ1) is 10.4. The first-order valence-corrected chi connectivity index (χ1v) is 5.78. The van der Waals surface area contributed by atoms with E-state index in [-0.39, 0.29) is 6.04 Å². The molecule has 66 valence electrons. The van der Waals surface area contributed by atoms with Gasteiger partial charge in [-0.3, -0.25) is 0 Å². The highest BCUT2D eigenvalue weighted by molar-refractivity contribution is 9.13. The first-order valence-electron chi connectivity index (χ1n) is 3.38. The highest BCUT2D eigenvalue weighted by atomic mass is 79.9. The molecule has 1 aromatic rings. The van der Waals surface area contributed by atoms with E-state index in [1.165, 1.54) is 0 Å². The molecule has 0 fully saturated rings. The van der Waals surface area contributed by atoms with E-state index in [4.69, 9.17) is 5.73 Å². The van der Waals surface area contributed by atoms with Gasteiger partial charge in [0.15, 0.2) is 0 Å². The Morgan fingerprint density at radius 2 is 2.25 bits per heavy atom. The van der Waals surface area contributed by atoms with Crippen LogP contribution in [0.2, 0.25) is 0 Å². The molecule has 1 aromatic heterocycles. The van der Waals surface area contributed by atoms with Crippen LogP contribution < -0.4 is 5.73 Å². The van der Waals surface area contributed by atoms with E-state index in [2.05, 4.69) is 38.4 Å². The van der Waals surface area contributed by atoms with Crippen LogP contribution in [0.4, 0.5) is 0 Å². The number of hydrogen-bond donors (Lipinski definition) is 1. The van der Waals surface area contributed by atoms with E-state index in [9.17, 15) is 0 Å². The summed E-state index contributed by atoms with van der Waals surface area (Å²) in [5.41, 5.74) is 6.87. The second-order valence-electron chi connectivity index (χ2n) is 2.59. The van der Waals surface area contributed by atoms with Crippen molar-refractivity contribution in [2.45, 2.75) is 13.0 Å². The maximum atomic E-state index is 5.89. The molecule has 1 unspecified atom stereocenters. The standard InChI is InChI=1S/C8H9Br2NS/c1-4(2)7(11)6-3-5(9)8(10)12-6/h3,7H,1,11H2,2H3. The van der Waals surface area contributed by atoms with Crippen LogP contribution in [0.3, 0.4) is 0 Å². The molecular weight excluding hydrogens is 302 g/mol. The Kier molecular flexibility index (Phi) is 3.52. The molecule has 1 heterocycles. The van der Waals surface area contributed by atoms with E-state index < -0.39 is 0 Å². The van der Waals surface area contributed by atoms with Crippen LogP contribution in [0, 0.1) is 0 Å². The van der Waals surface area contributed by atoms with Crippen LogP contribution in [0.15, 0.2) is 26.5 Å². The molecule has 0 amide bonds. The smallest absolute Gasteiger partial charge is 0.0843 e. The van der Waals surface area contributed by atoms with Crippen molar-refractivity contribution in [3.63, 3.8) is 0 Å². The molecule has 0 aliphatic heterocycles. The molecule has 4 heteroatoms. The van der Waals surface area contributed by atoms with Crippen LogP contribution in [-0.4, -0.2) is 0 Å². The number of halogens is 2. The van der Waals surface area contributed by atoms with Gasteiger partial charge in [-0.1, -0.05) is 12.2 Å². The molecule has 0 radical (unpaired) electrons. The van der Waals surface area contributed by atoms with Crippen LogP contribution >= 0.6 is 43.2 Å². The van der Waals surface area contributed by atoms with Gasteiger partial charge in [-0.2, -0.15) is 0 Å². The van der Waals surface area contributed by atoms with Crippen LogP contribution in [0.5, 0.6) is 0 Å². The van der Waals surface area contributed by atoms with Gasteiger partial charge in [0.05, 0.1) is 9.83 Å². The largest absolute Gasteiger partial charge is 0.320 e. The van der Waals surface area contributed by atoms with Gasteiger partial charge < -0.3 is 5.73 Å². The van der Waals surface area contributed by atoms with Crippen molar-refractivity contribution >= 4 is 43.2 Å². The third-order valence-corrected chi connectivity index (χ3v) is 4.84. The zero-order chi connectivity index (χ0) is 9.30. The molecule has 12 heavy (non-hydrogen) atoms. The molecule has 0 aliphatic carbocycles. The van der Waals surface area contributed by atoms with Crippen LogP contribution in [0.25, 0.3) is 0 Å². The van der Waals surface area contributed by atoms with Gasteiger partial charge >= 0.3 is 0 Å². The summed E-state index contributed by atoms with van der Waals surface area (Å²) in [7, 11) is 0. The lowest BCUT2D eigenvalue weighted by Crippen LogP contribution is -2.08. The minimum Gasteiger partial charge on any atom is -0.320 e. The number of nitrogens with two attached hydrogens (primary N) is 1. The second kappa shape index (κ2) is 4.05. The van der Waals surface area contributed by atoms with E-state index >= 15 is 0 Å². The van der Waals surface area contributed by atoms with Crippen molar-refractivity contribution < 1.29 is 0 Å². The van der Waals surface area contributed by atoms with Crippen LogP contribution in [0.1, 0.15) is 17.8 Å². The third kappa shape index (κ3) is 2.19. The molecule has 1 atom stereocenters. The maximum absolute atomic E-state index is 5.89. The van der Waals surface area contributed by atoms with E-state index in [0.29, 0.717) is 0 Å². The average molecular weight is 311 g/mol. The third-order valence-electron chi connectivity index (χ3n) is 1.50. The van der Waals surface area contributed by atoms with Crippen LogP contribution in [-0.2, 0) is 0 Å². The van der Waals surface area contributed by atoms with Gasteiger partial charge in [-0.25, -0.2) is 0 Å².